The van der Waals surface area contributed by atoms with Gasteiger partial charge in [0.25, 0.3) is 0 Å². The summed E-state index contributed by atoms with van der Waals surface area (Å²) in [6, 6.07) is 10.7. The molecule has 0 bridgehead atoms. The van der Waals surface area contributed by atoms with E-state index < -0.39 is 27.8 Å². The number of benzene rings is 1. The van der Waals surface area contributed by atoms with Gasteiger partial charge in [0.05, 0.1) is 18.4 Å². The summed E-state index contributed by atoms with van der Waals surface area (Å²) >= 11 is 0. The highest BCUT2D eigenvalue weighted by atomic mass is 32.2. The second kappa shape index (κ2) is 10.5. The highest BCUT2D eigenvalue weighted by molar-refractivity contribution is 7.89. The number of aromatic carboxylic acids is 1. The number of carboxylic acids is 1. The summed E-state index contributed by atoms with van der Waals surface area (Å²) in [7, 11) is -2.52. The molecule has 1 fully saturated rings. The van der Waals surface area contributed by atoms with Crippen LogP contribution < -0.4 is 14.4 Å². The molecule has 0 atom stereocenters. The van der Waals surface area contributed by atoms with Crippen molar-refractivity contribution in [3.63, 3.8) is 0 Å². The first-order valence-electron chi connectivity index (χ1n) is 10.8. The second-order valence-electron chi connectivity index (χ2n) is 7.92. The average molecular weight is 487 g/mol. The average Bonchev–Trinajstić information content (AvgIpc) is 2.82. The zero-order valence-electron chi connectivity index (χ0n) is 18.9. The van der Waals surface area contributed by atoms with Gasteiger partial charge in [-0.15, -0.1) is 0 Å². The molecule has 0 aliphatic carbocycles. The van der Waals surface area contributed by atoms with Crippen LogP contribution in [0.5, 0.6) is 5.88 Å². The molecule has 1 aliphatic heterocycles. The van der Waals surface area contributed by atoms with E-state index in [1.165, 1.54) is 7.11 Å². The van der Waals surface area contributed by atoms with Crippen molar-refractivity contribution in [2.75, 3.05) is 25.1 Å². The minimum Gasteiger partial charge on any atom is -0.480 e. The number of carbonyl (C=O) groups excluding carboxylic acids is 1. The molecule has 0 radical (unpaired) electrons. The van der Waals surface area contributed by atoms with Gasteiger partial charge in [-0.3, -0.25) is 9.52 Å². The molecule has 1 aliphatic rings. The Bertz CT molecular complexity index is 1220. The fraction of sp³-hybridized carbons (Fsp3) is 0.391. The maximum Gasteiger partial charge on any atom is 0.341 e. The molecule has 2 heterocycles. The smallest absolute Gasteiger partial charge is 0.341 e. The number of ether oxygens (including phenoxy) is 1. The van der Waals surface area contributed by atoms with Gasteiger partial charge in [0, 0.05) is 19.0 Å². The van der Waals surface area contributed by atoms with Crippen LogP contribution >= 0.6 is 0 Å². The van der Waals surface area contributed by atoms with Crippen LogP contribution in [0.3, 0.4) is 0 Å². The second-order valence-corrected chi connectivity index (χ2v) is 9.64. The molecule has 1 aromatic heterocycles. The Balaban J connectivity index is 1.74. The van der Waals surface area contributed by atoms with Crippen molar-refractivity contribution in [3.05, 3.63) is 52.6 Å². The fourth-order valence-corrected chi connectivity index (χ4v) is 5.26. The number of nitrogens with one attached hydrogen (secondary N) is 1. The Kier molecular flexibility index (Phi) is 7.73. The van der Waals surface area contributed by atoms with Gasteiger partial charge >= 0.3 is 5.97 Å². The van der Waals surface area contributed by atoms with E-state index in [0.29, 0.717) is 49.3 Å². The molecule has 34 heavy (non-hydrogen) atoms. The van der Waals surface area contributed by atoms with Crippen LogP contribution in [0.15, 0.2) is 30.3 Å². The number of rotatable bonds is 8. The van der Waals surface area contributed by atoms with Crippen molar-refractivity contribution in [1.82, 2.24) is 9.71 Å². The Morgan fingerprint density at radius 1 is 1.26 bits per heavy atom. The van der Waals surface area contributed by atoms with E-state index in [1.807, 2.05) is 0 Å². The monoisotopic (exact) mass is 486 g/mol. The predicted molar refractivity (Wildman–Crippen MR) is 124 cm³/mol. The quantitative estimate of drug-likeness (QED) is 0.572. The van der Waals surface area contributed by atoms with Crippen LogP contribution in [0.2, 0.25) is 0 Å². The molecule has 11 heteroatoms. The van der Waals surface area contributed by atoms with Crippen LogP contribution in [-0.2, 0) is 27.0 Å². The number of methoxy groups -OCH3 is 1. The number of aromatic nitrogens is 1. The number of anilines is 1. The molecule has 2 N–H and O–H groups in total. The van der Waals surface area contributed by atoms with Crippen LogP contribution in [0.4, 0.5) is 5.82 Å². The molecule has 3 rings (SSSR count). The van der Waals surface area contributed by atoms with Crippen molar-refractivity contribution in [3.8, 4) is 11.9 Å². The van der Waals surface area contributed by atoms with Crippen LogP contribution in [0.25, 0.3) is 0 Å². The third kappa shape index (κ3) is 5.46. The lowest BCUT2D eigenvalue weighted by Crippen LogP contribution is -2.43. The molecular weight excluding hydrogens is 460 g/mol. The zero-order valence-corrected chi connectivity index (χ0v) is 19.8. The number of hydrogen-bond acceptors (Lipinski definition) is 8. The van der Waals surface area contributed by atoms with Gasteiger partial charge in [0.1, 0.15) is 11.6 Å². The van der Waals surface area contributed by atoms with Gasteiger partial charge in [-0.1, -0.05) is 37.3 Å². The molecular formula is C23H26N4O6S. The van der Waals surface area contributed by atoms with Gasteiger partial charge in [0.2, 0.25) is 21.8 Å². The van der Waals surface area contributed by atoms with Gasteiger partial charge in [0.15, 0.2) is 5.82 Å². The first kappa shape index (κ1) is 25.0. The lowest BCUT2D eigenvalue weighted by atomic mass is 9.95. The van der Waals surface area contributed by atoms with Gasteiger partial charge in [-0.2, -0.15) is 10.2 Å². The standard InChI is InChI=1S/C23H26N4O6S/c1-3-17-18(13-24)20(25-22(33-2)19(17)23(29)30)27-11-9-16(10-12-27)21(28)26-34(31,32)14-15-7-5-4-6-8-15/h4-8,16H,3,9-12,14H2,1-2H3,(H,26,28)(H,29,30). The normalized spacial score (nSPS) is 14.3. The zero-order chi connectivity index (χ0) is 24.9. The van der Waals surface area contributed by atoms with Crippen molar-refractivity contribution in [1.29, 1.82) is 5.26 Å². The number of carbonyl (C=O) groups is 2. The van der Waals surface area contributed by atoms with Crippen molar-refractivity contribution >= 4 is 27.7 Å². The maximum atomic E-state index is 12.6. The van der Waals surface area contributed by atoms with Gasteiger partial charge in [-0.25, -0.2) is 13.2 Å². The number of amides is 1. The molecule has 2 aromatic rings. The van der Waals surface area contributed by atoms with E-state index in [0.717, 1.165) is 0 Å². The first-order valence-corrected chi connectivity index (χ1v) is 12.4. The minimum absolute atomic E-state index is 0.0785. The predicted octanol–water partition coefficient (Wildman–Crippen LogP) is 2.09. The molecule has 1 amide bonds. The van der Waals surface area contributed by atoms with Gasteiger partial charge in [-0.05, 0) is 30.4 Å². The highest BCUT2D eigenvalue weighted by Gasteiger charge is 2.32. The van der Waals surface area contributed by atoms with Gasteiger partial charge < -0.3 is 14.7 Å². The molecule has 0 unspecified atom stereocenters. The van der Waals surface area contributed by atoms with Crippen molar-refractivity contribution in [2.24, 2.45) is 5.92 Å². The number of hydrogen-bond donors (Lipinski definition) is 2. The fourth-order valence-electron chi connectivity index (χ4n) is 4.08. The molecule has 10 nitrogen and oxygen atoms in total. The molecule has 0 spiro atoms. The van der Waals surface area contributed by atoms with E-state index in [-0.39, 0.29) is 22.8 Å². The van der Waals surface area contributed by atoms with Crippen molar-refractivity contribution < 1.29 is 27.9 Å². The van der Waals surface area contributed by atoms with E-state index >= 15 is 0 Å². The molecule has 1 saturated heterocycles. The van der Waals surface area contributed by atoms with E-state index in [2.05, 4.69) is 15.8 Å². The van der Waals surface area contributed by atoms with E-state index in [9.17, 15) is 28.4 Å². The summed E-state index contributed by atoms with van der Waals surface area (Å²) in [5, 5.41) is 19.3. The molecule has 0 saturated carbocycles. The molecule has 1 aromatic carbocycles. The van der Waals surface area contributed by atoms with E-state index in [1.54, 1.807) is 42.2 Å². The highest BCUT2D eigenvalue weighted by Crippen LogP contribution is 2.33. The molecule has 180 valence electrons. The number of nitriles is 1. The van der Waals surface area contributed by atoms with Crippen molar-refractivity contribution in [2.45, 2.75) is 31.9 Å². The summed E-state index contributed by atoms with van der Waals surface area (Å²) in [6.07, 6.45) is 1.00. The summed E-state index contributed by atoms with van der Waals surface area (Å²) < 4.78 is 32.2. The summed E-state index contributed by atoms with van der Waals surface area (Å²) in [5.41, 5.74) is 0.944. The van der Waals surface area contributed by atoms with E-state index in [4.69, 9.17) is 4.74 Å². The van der Waals surface area contributed by atoms with Crippen LogP contribution in [0, 0.1) is 17.2 Å². The summed E-state index contributed by atoms with van der Waals surface area (Å²) in [6.45, 7) is 2.44. The summed E-state index contributed by atoms with van der Waals surface area (Å²) in [5.74, 6) is -2.36. The summed E-state index contributed by atoms with van der Waals surface area (Å²) in [4.78, 5) is 30.5. The Morgan fingerprint density at radius 2 is 1.91 bits per heavy atom. The Hall–Kier alpha value is -3.65. The number of piperidine rings is 1. The minimum atomic E-state index is -3.83. The third-order valence-electron chi connectivity index (χ3n) is 5.74. The SMILES string of the molecule is CCc1c(C#N)c(N2CCC(C(=O)NS(=O)(=O)Cc3ccccc3)CC2)nc(OC)c1C(=O)O. The number of sulfonamides is 1. The van der Waals surface area contributed by atoms with Crippen LogP contribution in [-0.4, -0.2) is 50.6 Å². The Labute approximate surface area is 198 Å². The number of pyridine rings is 1. The van der Waals surface area contributed by atoms with Crippen LogP contribution in [0.1, 0.15) is 46.8 Å². The lowest BCUT2D eigenvalue weighted by Gasteiger charge is -2.33. The third-order valence-corrected chi connectivity index (χ3v) is 6.97. The lowest BCUT2D eigenvalue weighted by molar-refractivity contribution is -0.123. The number of nitrogens with zero attached hydrogens (tertiary/aromatic N) is 3. The maximum absolute atomic E-state index is 12.6. The number of carboxylic acid groups (broad SMARTS) is 1. The first-order chi connectivity index (χ1) is 16.2. The Morgan fingerprint density at radius 3 is 2.44 bits per heavy atom. The topological polar surface area (TPSA) is 150 Å². The largest absolute Gasteiger partial charge is 0.480 e.